The second-order valence-corrected chi connectivity index (χ2v) is 5.51. The van der Waals surface area contributed by atoms with Gasteiger partial charge in [-0.2, -0.15) is 0 Å². The maximum atomic E-state index is 11.7. The number of hydrogen-bond acceptors (Lipinski definition) is 5. The van der Waals surface area contributed by atoms with Crippen LogP contribution in [0.25, 0.3) is 0 Å². The second-order valence-electron chi connectivity index (χ2n) is 4.50. The first-order valence-electron chi connectivity index (χ1n) is 6.93. The first-order valence-corrected chi connectivity index (χ1v) is 7.75. The number of para-hydroxylation sites is 1. The van der Waals surface area contributed by atoms with E-state index in [0.29, 0.717) is 9.94 Å². The zero-order valence-corrected chi connectivity index (χ0v) is 13.0. The normalized spacial score (nSPS) is 10.2. The Morgan fingerprint density at radius 2 is 2.05 bits per heavy atom. The Morgan fingerprint density at radius 3 is 2.71 bits per heavy atom. The van der Waals surface area contributed by atoms with E-state index in [2.05, 4.69) is 12.2 Å². The van der Waals surface area contributed by atoms with Crippen molar-refractivity contribution in [2.75, 3.05) is 19.0 Å². The van der Waals surface area contributed by atoms with Gasteiger partial charge in [0.25, 0.3) is 0 Å². The summed E-state index contributed by atoms with van der Waals surface area (Å²) in [4.78, 5) is 12.2. The van der Waals surface area contributed by atoms with Crippen molar-refractivity contribution < 1.29 is 14.3 Å². The molecule has 1 aromatic heterocycles. The molecule has 0 saturated heterocycles. The minimum atomic E-state index is -0.346. The summed E-state index contributed by atoms with van der Waals surface area (Å²) in [5, 5.41) is 3.99. The molecule has 0 atom stereocenters. The summed E-state index contributed by atoms with van der Waals surface area (Å²) in [5.41, 5.74) is 0.831. The molecule has 0 aliphatic heterocycles. The van der Waals surface area contributed by atoms with Gasteiger partial charge in [-0.05, 0) is 24.6 Å². The summed E-state index contributed by atoms with van der Waals surface area (Å²) in [6, 6.07) is 11.3. The summed E-state index contributed by atoms with van der Waals surface area (Å²) in [5.74, 6) is 0.399. The number of rotatable bonds is 7. The van der Waals surface area contributed by atoms with Crippen molar-refractivity contribution in [1.82, 2.24) is 0 Å². The first-order chi connectivity index (χ1) is 10.2. The Kier molecular flexibility index (Phi) is 5.63. The predicted octanol–water partition coefficient (Wildman–Crippen LogP) is 4.54. The van der Waals surface area contributed by atoms with Gasteiger partial charge in [0.15, 0.2) is 0 Å². The van der Waals surface area contributed by atoms with Crippen molar-refractivity contribution in [3.63, 3.8) is 0 Å². The van der Waals surface area contributed by atoms with Crippen molar-refractivity contribution in [3.8, 4) is 10.8 Å². The minimum absolute atomic E-state index is 0.346. The lowest BCUT2D eigenvalue weighted by Crippen LogP contribution is -2.01. The average molecular weight is 305 g/mol. The first kappa shape index (κ1) is 15.4. The van der Waals surface area contributed by atoms with Crippen LogP contribution < -0.4 is 10.1 Å². The standard InChI is InChI=1S/C16H19NO3S/c1-3-4-10-17-13-11-14(15(18)19-2)21-16(13)20-12-8-6-5-7-9-12/h5-9,11,17H,3-4,10H2,1-2H3. The van der Waals surface area contributed by atoms with Crippen LogP contribution in [0, 0.1) is 0 Å². The molecule has 0 aliphatic rings. The van der Waals surface area contributed by atoms with Crippen molar-refractivity contribution in [1.29, 1.82) is 0 Å². The molecule has 4 nitrogen and oxygen atoms in total. The molecule has 0 amide bonds. The molecule has 0 aliphatic carbocycles. The summed E-state index contributed by atoms with van der Waals surface area (Å²) in [7, 11) is 1.38. The number of thiophene rings is 1. The monoisotopic (exact) mass is 305 g/mol. The van der Waals surface area contributed by atoms with Gasteiger partial charge >= 0.3 is 5.97 Å². The van der Waals surface area contributed by atoms with Gasteiger partial charge in [0, 0.05) is 6.54 Å². The summed E-state index contributed by atoms with van der Waals surface area (Å²) < 4.78 is 10.6. The third-order valence-electron chi connectivity index (χ3n) is 2.88. The number of carbonyl (C=O) groups is 1. The quantitative estimate of drug-likeness (QED) is 0.602. The van der Waals surface area contributed by atoms with Gasteiger partial charge in [0.05, 0.1) is 12.8 Å². The topological polar surface area (TPSA) is 47.6 Å². The number of methoxy groups -OCH3 is 1. The Labute approximate surface area is 128 Å². The fourth-order valence-electron chi connectivity index (χ4n) is 1.77. The van der Waals surface area contributed by atoms with Gasteiger partial charge in [-0.25, -0.2) is 4.79 Å². The van der Waals surface area contributed by atoms with Crippen LogP contribution in [0.15, 0.2) is 36.4 Å². The third kappa shape index (κ3) is 4.23. The van der Waals surface area contributed by atoms with E-state index in [4.69, 9.17) is 9.47 Å². The number of esters is 1. The predicted molar refractivity (Wildman–Crippen MR) is 85.6 cm³/mol. The van der Waals surface area contributed by atoms with Gasteiger partial charge in [0.1, 0.15) is 10.6 Å². The van der Waals surface area contributed by atoms with Crippen LogP contribution in [-0.2, 0) is 4.74 Å². The second kappa shape index (κ2) is 7.69. The van der Waals surface area contributed by atoms with Gasteiger partial charge in [0.2, 0.25) is 5.06 Å². The molecule has 0 fully saturated rings. The molecule has 112 valence electrons. The van der Waals surface area contributed by atoms with Crippen LogP contribution in [0.2, 0.25) is 0 Å². The maximum absolute atomic E-state index is 11.7. The molecule has 5 heteroatoms. The van der Waals surface area contributed by atoms with E-state index in [1.807, 2.05) is 30.3 Å². The van der Waals surface area contributed by atoms with E-state index < -0.39 is 0 Å². The highest BCUT2D eigenvalue weighted by atomic mass is 32.1. The Hall–Kier alpha value is -2.01. The van der Waals surface area contributed by atoms with Crippen LogP contribution in [0.3, 0.4) is 0 Å². The van der Waals surface area contributed by atoms with E-state index >= 15 is 0 Å². The van der Waals surface area contributed by atoms with E-state index in [0.717, 1.165) is 30.8 Å². The summed E-state index contributed by atoms with van der Waals surface area (Å²) in [6.45, 7) is 2.98. The maximum Gasteiger partial charge on any atom is 0.348 e. The summed E-state index contributed by atoms with van der Waals surface area (Å²) in [6.07, 6.45) is 2.17. The molecule has 0 bridgehead atoms. The van der Waals surface area contributed by atoms with E-state index in [9.17, 15) is 4.79 Å². The van der Waals surface area contributed by atoms with Crippen LogP contribution in [0.5, 0.6) is 10.8 Å². The van der Waals surface area contributed by atoms with E-state index in [1.165, 1.54) is 18.4 Å². The molecule has 0 spiro atoms. The number of ether oxygens (including phenoxy) is 2. The molecule has 21 heavy (non-hydrogen) atoms. The van der Waals surface area contributed by atoms with Crippen molar-refractivity contribution >= 4 is 23.0 Å². The highest BCUT2D eigenvalue weighted by molar-refractivity contribution is 7.16. The highest BCUT2D eigenvalue weighted by Gasteiger charge is 2.16. The minimum Gasteiger partial charge on any atom is -0.465 e. The van der Waals surface area contributed by atoms with Gasteiger partial charge in [-0.15, -0.1) is 0 Å². The smallest absolute Gasteiger partial charge is 0.348 e. The zero-order valence-electron chi connectivity index (χ0n) is 12.2. The van der Waals surface area contributed by atoms with Crippen molar-refractivity contribution in [2.45, 2.75) is 19.8 Å². The molecule has 0 unspecified atom stereocenters. The number of nitrogens with one attached hydrogen (secondary N) is 1. The van der Waals surface area contributed by atoms with E-state index in [1.54, 1.807) is 6.07 Å². The molecule has 1 heterocycles. The number of carbonyl (C=O) groups excluding carboxylic acids is 1. The Morgan fingerprint density at radius 1 is 1.29 bits per heavy atom. The van der Waals surface area contributed by atoms with Crippen LogP contribution >= 0.6 is 11.3 Å². The molecule has 2 rings (SSSR count). The van der Waals surface area contributed by atoms with Crippen LogP contribution in [-0.4, -0.2) is 19.6 Å². The molecule has 0 radical (unpaired) electrons. The van der Waals surface area contributed by atoms with Gasteiger partial charge < -0.3 is 14.8 Å². The molecular formula is C16H19NO3S. The lowest BCUT2D eigenvalue weighted by atomic mass is 10.3. The molecular weight excluding hydrogens is 286 g/mol. The number of benzene rings is 1. The van der Waals surface area contributed by atoms with Crippen molar-refractivity contribution in [2.24, 2.45) is 0 Å². The fraction of sp³-hybridized carbons (Fsp3) is 0.312. The Bertz CT molecular complexity index is 580. The fourth-order valence-corrected chi connectivity index (χ4v) is 2.69. The van der Waals surface area contributed by atoms with Gasteiger partial charge in [-0.1, -0.05) is 42.9 Å². The number of anilines is 1. The number of unbranched alkanes of at least 4 members (excludes halogenated alkanes) is 1. The molecule has 2 aromatic rings. The molecule has 0 saturated carbocycles. The van der Waals surface area contributed by atoms with E-state index in [-0.39, 0.29) is 5.97 Å². The average Bonchev–Trinajstić information content (AvgIpc) is 2.91. The highest BCUT2D eigenvalue weighted by Crippen LogP contribution is 2.38. The van der Waals surface area contributed by atoms with Crippen molar-refractivity contribution in [3.05, 3.63) is 41.3 Å². The van der Waals surface area contributed by atoms with Crippen LogP contribution in [0.4, 0.5) is 5.69 Å². The van der Waals surface area contributed by atoms with Crippen LogP contribution in [0.1, 0.15) is 29.4 Å². The van der Waals surface area contributed by atoms with Gasteiger partial charge in [-0.3, -0.25) is 0 Å². The lowest BCUT2D eigenvalue weighted by molar-refractivity contribution is 0.0606. The SMILES string of the molecule is CCCCNc1cc(C(=O)OC)sc1Oc1ccccc1. The molecule has 1 aromatic carbocycles. The largest absolute Gasteiger partial charge is 0.465 e. The lowest BCUT2D eigenvalue weighted by Gasteiger charge is -2.08. The summed E-state index contributed by atoms with van der Waals surface area (Å²) >= 11 is 1.29. The molecule has 1 N–H and O–H groups in total. The number of hydrogen-bond donors (Lipinski definition) is 1. The zero-order chi connectivity index (χ0) is 15.1. The third-order valence-corrected chi connectivity index (χ3v) is 3.88. The Balaban J connectivity index is 2.19.